The summed E-state index contributed by atoms with van der Waals surface area (Å²) >= 11 is 3.24. The Hall–Kier alpha value is -1.88. The molecule has 0 spiro atoms. The Balaban J connectivity index is 2.05. The van der Waals surface area contributed by atoms with Crippen LogP contribution in [0.15, 0.2) is 46.9 Å². The van der Waals surface area contributed by atoms with E-state index in [1.165, 1.54) is 30.3 Å². The van der Waals surface area contributed by atoms with Gasteiger partial charge in [0.05, 0.1) is 12.1 Å². The van der Waals surface area contributed by atoms with Crippen LogP contribution >= 0.6 is 15.9 Å². The Kier molecular flexibility index (Phi) is 4.16. The van der Waals surface area contributed by atoms with Crippen molar-refractivity contribution in [1.82, 2.24) is 0 Å². The molecule has 0 saturated carbocycles. The maximum Gasteiger partial charge on any atom is 0.228 e. The van der Waals surface area contributed by atoms with Gasteiger partial charge in [0.15, 0.2) is 0 Å². The first kappa shape index (κ1) is 13.5. The van der Waals surface area contributed by atoms with Gasteiger partial charge in [-0.2, -0.15) is 0 Å². The first-order valence-corrected chi connectivity index (χ1v) is 6.37. The Bertz CT molecular complexity index is 599. The predicted octanol–water partition coefficient (Wildman–Crippen LogP) is 3.48. The SMILES string of the molecule is O=C(Cc1ccc(O)cc1)Nc1cc(F)ccc1Br. The molecule has 5 heteroatoms. The van der Waals surface area contributed by atoms with E-state index in [1.54, 1.807) is 12.1 Å². The number of hydrogen-bond acceptors (Lipinski definition) is 2. The van der Waals surface area contributed by atoms with Gasteiger partial charge >= 0.3 is 0 Å². The molecule has 0 aromatic heterocycles. The molecule has 0 fully saturated rings. The van der Waals surface area contributed by atoms with E-state index in [4.69, 9.17) is 5.11 Å². The van der Waals surface area contributed by atoms with Crippen LogP contribution in [-0.2, 0) is 11.2 Å². The van der Waals surface area contributed by atoms with E-state index < -0.39 is 5.82 Å². The van der Waals surface area contributed by atoms with Gasteiger partial charge in [-0.3, -0.25) is 4.79 Å². The van der Waals surface area contributed by atoms with Gasteiger partial charge < -0.3 is 10.4 Å². The molecule has 0 aliphatic carbocycles. The van der Waals surface area contributed by atoms with Gasteiger partial charge in [0.25, 0.3) is 0 Å². The van der Waals surface area contributed by atoms with Crippen LogP contribution in [0.4, 0.5) is 10.1 Å². The maximum absolute atomic E-state index is 13.1. The zero-order chi connectivity index (χ0) is 13.8. The van der Waals surface area contributed by atoms with Crippen LogP contribution in [0.25, 0.3) is 0 Å². The van der Waals surface area contributed by atoms with Crippen molar-refractivity contribution in [3.63, 3.8) is 0 Å². The van der Waals surface area contributed by atoms with Gasteiger partial charge in [0, 0.05) is 4.47 Å². The predicted molar refractivity (Wildman–Crippen MR) is 74.5 cm³/mol. The Morgan fingerprint density at radius 2 is 1.89 bits per heavy atom. The van der Waals surface area contributed by atoms with Gasteiger partial charge in [-0.15, -0.1) is 0 Å². The second-order valence-electron chi connectivity index (χ2n) is 4.02. The molecule has 19 heavy (non-hydrogen) atoms. The van der Waals surface area contributed by atoms with Gasteiger partial charge in [0.2, 0.25) is 5.91 Å². The van der Waals surface area contributed by atoms with Crippen molar-refractivity contribution in [2.45, 2.75) is 6.42 Å². The fourth-order valence-electron chi connectivity index (χ4n) is 1.59. The molecule has 0 saturated heterocycles. The quantitative estimate of drug-likeness (QED) is 0.908. The standard InChI is InChI=1S/C14H11BrFNO2/c15-12-6-3-10(16)8-13(12)17-14(19)7-9-1-4-11(18)5-2-9/h1-6,8,18H,7H2,(H,17,19). The first-order valence-electron chi connectivity index (χ1n) is 5.57. The normalized spacial score (nSPS) is 10.2. The molecular weight excluding hydrogens is 313 g/mol. The lowest BCUT2D eigenvalue weighted by molar-refractivity contribution is -0.115. The molecule has 0 aliphatic rings. The number of carbonyl (C=O) groups excluding carboxylic acids is 1. The molecular formula is C14H11BrFNO2. The molecule has 98 valence electrons. The number of halogens is 2. The van der Waals surface area contributed by atoms with Crippen LogP contribution in [0.3, 0.4) is 0 Å². The monoisotopic (exact) mass is 323 g/mol. The van der Waals surface area contributed by atoms with Crippen molar-refractivity contribution in [2.24, 2.45) is 0 Å². The summed E-state index contributed by atoms with van der Waals surface area (Å²) < 4.78 is 13.7. The first-order chi connectivity index (χ1) is 9.04. The number of amides is 1. The summed E-state index contributed by atoms with van der Waals surface area (Å²) in [6.07, 6.45) is 0.156. The average Bonchev–Trinajstić information content (AvgIpc) is 2.37. The minimum atomic E-state index is -0.414. The number of phenols is 1. The second kappa shape index (κ2) is 5.84. The lowest BCUT2D eigenvalue weighted by Gasteiger charge is -2.07. The maximum atomic E-state index is 13.1. The number of hydrogen-bond donors (Lipinski definition) is 2. The van der Waals surface area contributed by atoms with Crippen LogP contribution < -0.4 is 5.32 Å². The number of nitrogens with one attached hydrogen (secondary N) is 1. The van der Waals surface area contributed by atoms with Gasteiger partial charge in [-0.25, -0.2) is 4.39 Å². The number of rotatable bonds is 3. The highest BCUT2D eigenvalue weighted by Crippen LogP contribution is 2.23. The molecule has 0 bridgehead atoms. The zero-order valence-corrected chi connectivity index (χ0v) is 11.4. The minimum Gasteiger partial charge on any atom is -0.508 e. The highest BCUT2D eigenvalue weighted by Gasteiger charge is 2.07. The van der Waals surface area contributed by atoms with Crippen molar-refractivity contribution in [3.8, 4) is 5.75 Å². The van der Waals surface area contributed by atoms with E-state index in [9.17, 15) is 9.18 Å². The van der Waals surface area contributed by atoms with Crippen molar-refractivity contribution < 1.29 is 14.3 Å². The van der Waals surface area contributed by atoms with Crippen molar-refractivity contribution in [2.75, 3.05) is 5.32 Å². The molecule has 0 unspecified atom stereocenters. The van der Waals surface area contributed by atoms with Crippen LogP contribution in [-0.4, -0.2) is 11.0 Å². The lowest BCUT2D eigenvalue weighted by Crippen LogP contribution is -2.14. The molecule has 2 N–H and O–H groups in total. The van der Waals surface area contributed by atoms with E-state index in [-0.39, 0.29) is 18.1 Å². The van der Waals surface area contributed by atoms with E-state index in [0.717, 1.165) is 5.56 Å². The third-order valence-electron chi connectivity index (χ3n) is 2.50. The third kappa shape index (κ3) is 3.79. The summed E-state index contributed by atoms with van der Waals surface area (Å²) in [5.41, 5.74) is 1.16. The summed E-state index contributed by atoms with van der Waals surface area (Å²) in [7, 11) is 0. The summed E-state index contributed by atoms with van der Waals surface area (Å²) in [4.78, 5) is 11.8. The van der Waals surface area contributed by atoms with E-state index in [2.05, 4.69) is 21.2 Å². The van der Waals surface area contributed by atoms with Gasteiger partial charge in [-0.05, 0) is 51.8 Å². The smallest absolute Gasteiger partial charge is 0.228 e. The molecule has 2 rings (SSSR count). The van der Waals surface area contributed by atoms with Crippen LogP contribution in [0.2, 0.25) is 0 Å². The average molecular weight is 324 g/mol. The van der Waals surface area contributed by atoms with E-state index in [1.807, 2.05) is 0 Å². The molecule has 0 heterocycles. The highest BCUT2D eigenvalue weighted by molar-refractivity contribution is 9.10. The molecule has 0 radical (unpaired) electrons. The van der Waals surface area contributed by atoms with Crippen LogP contribution in [0.1, 0.15) is 5.56 Å². The molecule has 2 aromatic rings. The van der Waals surface area contributed by atoms with E-state index in [0.29, 0.717) is 10.2 Å². The largest absolute Gasteiger partial charge is 0.508 e. The fraction of sp³-hybridized carbons (Fsp3) is 0.0714. The molecule has 1 amide bonds. The molecule has 2 aromatic carbocycles. The third-order valence-corrected chi connectivity index (χ3v) is 3.20. The lowest BCUT2D eigenvalue weighted by atomic mass is 10.1. The zero-order valence-electron chi connectivity index (χ0n) is 9.86. The summed E-state index contributed by atoms with van der Waals surface area (Å²) in [6, 6.07) is 10.4. The second-order valence-corrected chi connectivity index (χ2v) is 4.87. The van der Waals surface area contributed by atoms with Crippen molar-refractivity contribution >= 4 is 27.5 Å². The summed E-state index contributed by atoms with van der Waals surface area (Å²) in [5.74, 6) is -0.517. The number of carbonyl (C=O) groups is 1. The Labute approximate surface area is 118 Å². The number of anilines is 1. The summed E-state index contributed by atoms with van der Waals surface area (Å²) in [5, 5.41) is 11.8. The number of benzene rings is 2. The molecule has 0 aliphatic heterocycles. The van der Waals surface area contributed by atoms with Gasteiger partial charge in [-0.1, -0.05) is 12.1 Å². The van der Waals surface area contributed by atoms with E-state index >= 15 is 0 Å². The Morgan fingerprint density at radius 3 is 2.58 bits per heavy atom. The highest BCUT2D eigenvalue weighted by atomic mass is 79.9. The molecule has 0 atom stereocenters. The minimum absolute atomic E-state index is 0.150. The Morgan fingerprint density at radius 1 is 1.21 bits per heavy atom. The number of phenolic OH excluding ortho intramolecular Hbond substituents is 1. The fourth-order valence-corrected chi connectivity index (χ4v) is 1.93. The van der Waals surface area contributed by atoms with Crippen LogP contribution in [0.5, 0.6) is 5.75 Å². The van der Waals surface area contributed by atoms with Crippen LogP contribution in [0, 0.1) is 5.82 Å². The number of aromatic hydroxyl groups is 1. The molecule has 3 nitrogen and oxygen atoms in total. The van der Waals surface area contributed by atoms with Gasteiger partial charge in [0.1, 0.15) is 11.6 Å². The van der Waals surface area contributed by atoms with Crippen molar-refractivity contribution in [3.05, 3.63) is 58.3 Å². The topological polar surface area (TPSA) is 49.3 Å². The van der Waals surface area contributed by atoms with Crippen molar-refractivity contribution in [1.29, 1.82) is 0 Å². The summed E-state index contributed by atoms with van der Waals surface area (Å²) in [6.45, 7) is 0.